The Balaban J connectivity index is 1.86. The molecule has 0 saturated carbocycles. The highest BCUT2D eigenvalue weighted by molar-refractivity contribution is 5.96. The summed E-state index contributed by atoms with van der Waals surface area (Å²) in [5.41, 5.74) is 2.77. The van der Waals surface area contributed by atoms with E-state index >= 15 is 0 Å². The van der Waals surface area contributed by atoms with Crippen LogP contribution in [-0.4, -0.2) is 5.78 Å². The van der Waals surface area contributed by atoms with Gasteiger partial charge in [-0.3, -0.25) is 4.79 Å². The van der Waals surface area contributed by atoms with E-state index in [0.717, 1.165) is 16.7 Å². The zero-order valence-corrected chi connectivity index (χ0v) is 13.4. The van der Waals surface area contributed by atoms with Gasteiger partial charge in [-0.15, -0.1) is 0 Å². The second-order valence-electron chi connectivity index (χ2n) is 5.59. The summed E-state index contributed by atoms with van der Waals surface area (Å²) in [5, 5.41) is 0. The molecule has 0 radical (unpaired) electrons. The lowest BCUT2D eigenvalue weighted by Crippen LogP contribution is -2.06. The van der Waals surface area contributed by atoms with Crippen LogP contribution in [-0.2, 0) is 0 Å². The van der Waals surface area contributed by atoms with Crippen LogP contribution in [0.15, 0.2) is 91.0 Å². The lowest BCUT2D eigenvalue weighted by molar-refractivity contribution is 0.0979. The van der Waals surface area contributed by atoms with E-state index in [-0.39, 0.29) is 11.7 Å². The first-order valence-electron chi connectivity index (χ1n) is 8.03. The molecule has 1 nitrogen and oxygen atoms in total. The molecule has 3 aromatic carbocycles. The fraction of sp³-hybridized carbons (Fsp3) is 0.0870. The number of rotatable bonds is 4. The van der Waals surface area contributed by atoms with Gasteiger partial charge >= 0.3 is 0 Å². The van der Waals surface area contributed by atoms with E-state index in [9.17, 15) is 4.79 Å². The summed E-state index contributed by atoms with van der Waals surface area (Å²) in [6, 6.07) is 29.3. The van der Waals surface area contributed by atoms with Crippen molar-refractivity contribution in [1.29, 1.82) is 0 Å². The van der Waals surface area contributed by atoms with E-state index in [1.54, 1.807) is 0 Å². The lowest BCUT2D eigenvalue weighted by Gasteiger charge is -2.10. The first-order chi connectivity index (χ1) is 11.8. The molecule has 3 aromatic rings. The lowest BCUT2D eigenvalue weighted by atomic mass is 9.92. The van der Waals surface area contributed by atoms with Crippen molar-refractivity contribution in [3.8, 4) is 11.8 Å². The van der Waals surface area contributed by atoms with Gasteiger partial charge < -0.3 is 0 Å². The first-order valence-corrected chi connectivity index (χ1v) is 8.03. The fourth-order valence-corrected chi connectivity index (χ4v) is 2.56. The maximum Gasteiger partial charge on any atom is 0.164 e. The number of benzene rings is 3. The van der Waals surface area contributed by atoms with E-state index < -0.39 is 0 Å². The molecule has 0 unspecified atom stereocenters. The van der Waals surface area contributed by atoms with E-state index in [4.69, 9.17) is 0 Å². The minimum Gasteiger partial charge on any atom is -0.294 e. The van der Waals surface area contributed by atoms with Crippen LogP contribution in [0.25, 0.3) is 0 Å². The van der Waals surface area contributed by atoms with Crippen molar-refractivity contribution in [2.75, 3.05) is 0 Å². The number of hydrogen-bond acceptors (Lipinski definition) is 1. The Morgan fingerprint density at radius 2 is 1.29 bits per heavy atom. The van der Waals surface area contributed by atoms with Gasteiger partial charge in [-0.05, 0) is 17.7 Å². The largest absolute Gasteiger partial charge is 0.294 e. The average molecular weight is 310 g/mol. The van der Waals surface area contributed by atoms with Gasteiger partial charge in [0.1, 0.15) is 0 Å². The molecular formula is C23H18O. The summed E-state index contributed by atoms with van der Waals surface area (Å²) in [6.07, 6.45) is 0.383. The molecule has 0 amide bonds. The highest BCUT2D eigenvalue weighted by Crippen LogP contribution is 2.21. The molecule has 0 aliphatic rings. The van der Waals surface area contributed by atoms with Crippen molar-refractivity contribution in [2.24, 2.45) is 0 Å². The monoisotopic (exact) mass is 310 g/mol. The van der Waals surface area contributed by atoms with Crippen LogP contribution in [0, 0.1) is 11.8 Å². The Morgan fingerprint density at radius 1 is 0.750 bits per heavy atom. The molecule has 0 fully saturated rings. The van der Waals surface area contributed by atoms with Crippen molar-refractivity contribution in [2.45, 2.75) is 12.3 Å². The SMILES string of the molecule is O=C(C[C@H](C#Cc1ccccc1)c1ccccc1)c1ccccc1. The number of carbonyl (C=O) groups excluding carboxylic acids is 1. The van der Waals surface area contributed by atoms with Crippen molar-refractivity contribution in [3.05, 3.63) is 108 Å². The molecule has 0 spiro atoms. The molecule has 3 rings (SSSR count). The van der Waals surface area contributed by atoms with Gasteiger partial charge in [0.15, 0.2) is 5.78 Å². The van der Waals surface area contributed by atoms with Crippen LogP contribution < -0.4 is 0 Å². The quantitative estimate of drug-likeness (QED) is 0.484. The van der Waals surface area contributed by atoms with Crippen molar-refractivity contribution < 1.29 is 4.79 Å². The second kappa shape index (κ2) is 7.94. The van der Waals surface area contributed by atoms with Gasteiger partial charge in [0, 0.05) is 17.5 Å². The number of ketones is 1. The Bertz CT molecular complexity index is 840. The Morgan fingerprint density at radius 3 is 1.92 bits per heavy atom. The molecule has 0 aromatic heterocycles. The molecule has 0 bridgehead atoms. The fourth-order valence-electron chi connectivity index (χ4n) is 2.56. The van der Waals surface area contributed by atoms with E-state index in [2.05, 4.69) is 11.8 Å². The Labute approximate surface area is 143 Å². The molecule has 24 heavy (non-hydrogen) atoms. The van der Waals surface area contributed by atoms with Crippen LogP contribution in [0.1, 0.15) is 33.8 Å². The Hall–Kier alpha value is -3.11. The third-order valence-corrected chi connectivity index (χ3v) is 3.85. The zero-order valence-electron chi connectivity index (χ0n) is 13.4. The molecule has 0 heterocycles. The van der Waals surface area contributed by atoms with Crippen molar-refractivity contribution in [3.63, 3.8) is 0 Å². The van der Waals surface area contributed by atoms with E-state index in [1.807, 2.05) is 91.0 Å². The predicted octanol–water partition coefficient (Wildman–Crippen LogP) is 5.09. The molecule has 0 saturated heterocycles. The molecule has 116 valence electrons. The van der Waals surface area contributed by atoms with E-state index in [1.165, 1.54) is 0 Å². The normalized spacial score (nSPS) is 11.2. The van der Waals surface area contributed by atoms with Crippen LogP contribution in [0.4, 0.5) is 0 Å². The maximum absolute atomic E-state index is 12.6. The second-order valence-corrected chi connectivity index (χ2v) is 5.59. The summed E-state index contributed by atoms with van der Waals surface area (Å²) >= 11 is 0. The van der Waals surface area contributed by atoms with Gasteiger partial charge in [-0.25, -0.2) is 0 Å². The minimum absolute atomic E-state index is 0.112. The number of hydrogen-bond donors (Lipinski definition) is 0. The number of Topliss-reactive ketones (excluding diaryl/α,β-unsaturated/α-hetero) is 1. The molecule has 0 N–H and O–H groups in total. The van der Waals surface area contributed by atoms with E-state index in [0.29, 0.717) is 6.42 Å². The smallest absolute Gasteiger partial charge is 0.164 e. The zero-order chi connectivity index (χ0) is 16.6. The standard InChI is InChI=1S/C23H18O/c24-23(21-14-8-3-9-15-21)18-22(20-12-6-2-7-13-20)17-16-19-10-4-1-5-11-19/h1-15,22H,18H2/t22-/m0/s1. The van der Waals surface area contributed by atoms with Gasteiger partial charge in [0.25, 0.3) is 0 Å². The molecule has 1 atom stereocenters. The average Bonchev–Trinajstić information content (AvgIpc) is 2.67. The summed E-state index contributed by atoms with van der Waals surface area (Å²) < 4.78 is 0. The summed E-state index contributed by atoms with van der Waals surface area (Å²) in [7, 11) is 0. The highest BCUT2D eigenvalue weighted by atomic mass is 16.1. The van der Waals surface area contributed by atoms with Gasteiger partial charge in [0.2, 0.25) is 0 Å². The Kier molecular flexibility index (Phi) is 5.22. The van der Waals surface area contributed by atoms with Crippen molar-refractivity contribution >= 4 is 5.78 Å². The van der Waals surface area contributed by atoms with Gasteiger partial charge in [0.05, 0.1) is 5.92 Å². The summed E-state index contributed by atoms with van der Waals surface area (Å²) in [6.45, 7) is 0. The molecule has 0 aliphatic heterocycles. The third-order valence-electron chi connectivity index (χ3n) is 3.85. The first kappa shape index (κ1) is 15.8. The van der Waals surface area contributed by atoms with Gasteiger partial charge in [-0.2, -0.15) is 0 Å². The molecule has 0 aliphatic carbocycles. The molecular weight excluding hydrogens is 292 g/mol. The van der Waals surface area contributed by atoms with Crippen LogP contribution in [0.3, 0.4) is 0 Å². The summed E-state index contributed by atoms with van der Waals surface area (Å²) in [4.78, 5) is 12.6. The third kappa shape index (κ3) is 4.21. The minimum atomic E-state index is -0.112. The molecule has 1 heteroatoms. The maximum atomic E-state index is 12.6. The van der Waals surface area contributed by atoms with Crippen LogP contribution in [0.5, 0.6) is 0 Å². The van der Waals surface area contributed by atoms with Crippen LogP contribution in [0.2, 0.25) is 0 Å². The van der Waals surface area contributed by atoms with Crippen molar-refractivity contribution in [1.82, 2.24) is 0 Å². The van der Waals surface area contributed by atoms with Gasteiger partial charge in [-0.1, -0.05) is 90.7 Å². The number of carbonyl (C=O) groups is 1. The topological polar surface area (TPSA) is 17.1 Å². The predicted molar refractivity (Wildman–Crippen MR) is 97.9 cm³/mol. The summed E-state index contributed by atoms with van der Waals surface area (Å²) in [5.74, 6) is 6.49. The highest BCUT2D eigenvalue weighted by Gasteiger charge is 2.15. The van der Waals surface area contributed by atoms with Crippen LogP contribution >= 0.6 is 0 Å².